The van der Waals surface area contributed by atoms with Gasteiger partial charge in [0.05, 0.1) is 31.5 Å². The van der Waals surface area contributed by atoms with E-state index in [1.165, 1.54) is 24.4 Å². The van der Waals surface area contributed by atoms with E-state index in [4.69, 9.17) is 14.2 Å². The van der Waals surface area contributed by atoms with Crippen LogP contribution in [0.4, 0.5) is 10.2 Å². The average molecular weight is 674 g/mol. The first kappa shape index (κ1) is 35.5. The summed E-state index contributed by atoms with van der Waals surface area (Å²) in [6.45, 7) is 13.8. The summed E-state index contributed by atoms with van der Waals surface area (Å²) in [6.07, 6.45) is 2.81. The molecule has 0 spiro atoms. The van der Waals surface area contributed by atoms with Gasteiger partial charge in [-0.15, -0.1) is 0 Å². The van der Waals surface area contributed by atoms with Gasteiger partial charge >= 0.3 is 0 Å². The Kier molecular flexibility index (Phi) is 11.3. The molecule has 3 aromatic rings. The highest BCUT2D eigenvalue weighted by molar-refractivity contribution is 6.08. The van der Waals surface area contributed by atoms with E-state index in [1.54, 1.807) is 44.1 Å². The van der Waals surface area contributed by atoms with E-state index in [0.717, 1.165) is 0 Å². The number of carbonyl (C=O) groups is 3. The molecule has 5 rings (SSSR count). The Morgan fingerprint density at radius 2 is 1.88 bits per heavy atom. The van der Waals surface area contributed by atoms with Gasteiger partial charge in [-0.1, -0.05) is 18.7 Å². The van der Waals surface area contributed by atoms with Crippen LogP contribution in [-0.2, 0) is 9.53 Å². The number of aromatic nitrogens is 1. The topological polar surface area (TPSA) is 122 Å². The molecule has 2 aliphatic rings. The monoisotopic (exact) mass is 673 g/mol. The van der Waals surface area contributed by atoms with Crippen molar-refractivity contribution in [2.24, 2.45) is 0 Å². The molecule has 2 fully saturated rings. The third-order valence-corrected chi connectivity index (χ3v) is 9.03. The van der Waals surface area contributed by atoms with Crippen molar-refractivity contribution >= 4 is 23.5 Å². The molecule has 2 aromatic carbocycles. The van der Waals surface area contributed by atoms with E-state index in [1.807, 2.05) is 19.9 Å². The lowest BCUT2D eigenvalue weighted by Gasteiger charge is -2.40. The van der Waals surface area contributed by atoms with Gasteiger partial charge in [0, 0.05) is 44.4 Å². The maximum atomic E-state index is 14.9. The lowest BCUT2D eigenvalue weighted by atomic mass is 10.0. The lowest BCUT2D eigenvalue weighted by Crippen LogP contribution is -2.54. The van der Waals surface area contributed by atoms with E-state index < -0.39 is 17.9 Å². The Bertz CT molecular complexity index is 1730. The van der Waals surface area contributed by atoms with Crippen molar-refractivity contribution in [2.75, 3.05) is 51.8 Å². The van der Waals surface area contributed by atoms with Gasteiger partial charge in [0.1, 0.15) is 29.2 Å². The maximum Gasteiger partial charge on any atom is 0.257 e. The van der Waals surface area contributed by atoms with Crippen LogP contribution in [0.15, 0.2) is 55.3 Å². The van der Waals surface area contributed by atoms with Gasteiger partial charge in [-0.25, -0.2) is 9.37 Å². The normalized spacial score (nSPS) is 18.4. The lowest BCUT2D eigenvalue weighted by molar-refractivity contribution is -0.130. The first-order valence-corrected chi connectivity index (χ1v) is 16.4. The molecule has 0 aliphatic carbocycles. The Morgan fingerprint density at radius 1 is 1.08 bits per heavy atom. The molecule has 3 heterocycles. The molecule has 260 valence electrons. The molecule has 0 radical (unpaired) electrons. The molecule has 12 heteroatoms. The highest BCUT2D eigenvalue weighted by Crippen LogP contribution is 2.32. The van der Waals surface area contributed by atoms with Crippen molar-refractivity contribution in [3.05, 3.63) is 94.4 Å². The van der Waals surface area contributed by atoms with Crippen molar-refractivity contribution in [2.45, 2.75) is 52.3 Å². The van der Waals surface area contributed by atoms with Crippen molar-refractivity contribution < 1.29 is 33.0 Å². The minimum absolute atomic E-state index is 0.0755. The second-order valence-corrected chi connectivity index (χ2v) is 12.7. The molecule has 49 heavy (non-hydrogen) atoms. The molecule has 2 saturated heterocycles. The Labute approximate surface area is 286 Å². The zero-order valence-corrected chi connectivity index (χ0v) is 28.7. The number of nitrogens with zero attached hydrogens (tertiary/aromatic N) is 3. The van der Waals surface area contributed by atoms with Crippen LogP contribution in [0, 0.1) is 26.6 Å². The van der Waals surface area contributed by atoms with Gasteiger partial charge in [0.25, 0.3) is 11.8 Å². The van der Waals surface area contributed by atoms with Gasteiger partial charge in [0.15, 0.2) is 0 Å². The first-order valence-electron chi connectivity index (χ1n) is 16.4. The highest BCUT2D eigenvalue weighted by atomic mass is 19.1. The molecule has 2 aliphatic heterocycles. The number of hydrogen-bond donors (Lipinski definition) is 2. The molecule has 0 unspecified atom stereocenters. The van der Waals surface area contributed by atoms with Gasteiger partial charge in [-0.2, -0.15) is 0 Å². The summed E-state index contributed by atoms with van der Waals surface area (Å²) in [5, 5.41) is 5.86. The van der Waals surface area contributed by atoms with Crippen LogP contribution in [0.2, 0.25) is 0 Å². The highest BCUT2D eigenvalue weighted by Gasteiger charge is 2.30. The number of methoxy groups -OCH3 is 1. The van der Waals surface area contributed by atoms with Gasteiger partial charge < -0.3 is 29.7 Å². The van der Waals surface area contributed by atoms with Crippen LogP contribution in [0.3, 0.4) is 0 Å². The third-order valence-electron chi connectivity index (χ3n) is 9.03. The van der Waals surface area contributed by atoms with E-state index in [2.05, 4.69) is 27.1 Å². The molecule has 0 bridgehead atoms. The summed E-state index contributed by atoms with van der Waals surface area (Å²) in [6, 6.07) is 9.67. The standard InChI is InChI=1S/C37H44FN5O6/c1-7-34(44)43-12-11-42(19-25(43)5)20-33(26-9-8-22(2)31(38)16-26)49-32-15-23(3)29(17-30(32)37(46)40-27-10-13-48-21-27)36(45)41-35-24(4)14-28(47-6)18-39-35/h7-9,14-18,25,27,33H,1,10-13,19-21H2,2-6H3,(H,40,46)(H,39,41,45)/t25-,27+,33-/m1/s1. The summed E-state index contributed by atoms with van der Waals surface area (Å²) in [5.41, 5.74) is 2.80. The van der Waals surface area contributed by atoms with Crippen LogP contribution < -0.4 is 20.1 Å². The molecule has 1 aromatic heterocycles. The quantitative estimate of drug-likeness (QED) is 0.280. The first-order chi connectivity index (χ1) is 23.5. The molecule has 3 atom stereocenters. The smallest absolute Gasteiger partial charge is 0.257 e. The number of hydrogen-bond acceptors (Lipinski definition) is 8. The Hall–Kier alpha value is -4.81. The minimum Gasteiger partial charge on any atom is -0.495 e. The van der Waals surface area contributed by atoms with Crippen LogP contribution in [0.25, 0.3) is 0 Å². The number of piperazine rings is 1. The van der Waals surface area contributed by atoms with Crippen LogP contribution in [0.5, 0.6) is 11.5 Å². The number of halogens is 1. The SMILES string of the molecule is C=CC(=O)N1CCN(C[C@@H](Oc2cc(C)c(C(=O)Nc3ncc(OC)cc3C)cc2C(=O)N[C@H]2CCOC2)c2ccc(C)c(F)c2)C[C@H]1C. The number of anilines is 1. The third kappa shape index (κ3) is 8.44. The summed E-state index contributed by atoms with van der Waals surface area (Å²) in [7, 11) is 1.54. The van der Waals surface area contributed by atoms with E-state index >= 15 is 0 Å². The van der Waals surface area contributed by atoms with Crippen LogP contribution in [-0.4, -0.2) is 91.1 Å². The molecular formula is C37H44FN5O6. The fourth-order valence-electron chi connectivity index (χ4n) is 6.13. The predicted molar refractivity (Wildman–Crippen MR) is 184 cm³/mol. The minimum atomic E-state index is -0.685. The van der Waals surface area contributed by atoms with Gasteiger partial charge in [-0.3, -0.25) is 19.3 Å². The molecular weight excluding hydrogens is 629 g/mol. The zero-order valence-electron chi connectivity index (χ0n) is 28.7. The van der Waals surface area contributed by atoms with E-state index in [0.29, 0.717) is 79.6 Å². The van der Waals surface area contributed by atoms with Crippen LogP contribution in [0.1, 0.15) is 62.4 Å². The van der Waals surface area contributed by atoms with Crippen LogP contribution >= 0.6 is 0 Å². The Morgan fingerprint density at radius 3 is 2.53 bits per heavy atom. The Balaban J connectivity index is 1.48. The summed E-state index contributed by atoms with van der Waals surface area (Å²) >= 11 is 0. The second-order valence-electron chi connectivity index (χ2n) is 12.7. The summed E-state index contributed by atoms with van der Waals surface area (Å²) in [5.74, 6) is -0.174. The number of rotatable bonds is 11. The molecule has 3 amide bonds. The van der Waals surface area contributed by atoms with Crippen molar-refractivity contribution in [1.82, 2.24) is 20.1 Å². The number of nitrogens with one attached hydrogen (secondary N) is 2. The number of ether oxygens (including phenoxy) is 3. The number of benzene rings is 2. The zero-order chi connectivity index (χ0) is 35.2. The van der Waals surface area contributed by atoms with Gasteiger partial charge in [-0.05, 0) is 86.7 Å². The number of amides is 3. The summed E-state index contributed by atoms with van der Waals surface area (Å²) < 4.78 is 32.3. The maximum absolute atomic E-state index is 14.9. The van der Waals surface area contributed by atoms with E-state index in [-0.39, 0.29) is 40.7 Å². The molecule has 2 N–H and O–H groups in total. The number of carbonyl (C=O) groups excluding carboxylic acids is 3. The van der Waals surface area contributed by atoms with Crippen molar-refractivity contribution in [3.8, 4) is 11.5 Å². The average Bonchev–Trinajstić information content (AvgIpc) is 3.59. The van der Waals surface area contributed by atoms with Gasteiger partial charge in [0.2, 0.25) is 5.91 Å². The van der Waals surface area contributed by atoms with Crippen molar-refractivity contribution in [1.29, 1.82) is 0 Å². The fraction of sp³-hybridized carbons (Fsp3) is 0.405. The fourth-order valence-corrected chi connectivity index (χ4v) is 6.13. The summed E-state index contributed by atoms with van der Waals surface area (Å²) in [4.78, 5) is 48.1. The second kappa shape index (κ2) is 15.6. The van der Waals surface area contributed by atoms with Crippen molar-refractivity contribution in [3.63, 3.8) is 0 Å². The van der Waals surface area contributed by atoms with E-state index in [9.17, 15) is 18.8 Å². The predicted octanol–water partition coefficient (Wildman–Crippen LogP) is 4.76. The number of aryl methyl sites for hydroxylation is 3. The molecule has 0 saturated carbocycles. The largest absolute Gasteiger partial charge is 0.495 e. The number of pyridine rings is 1. The molecule has 11 nitrogen and oxygen atoms in total.